The molecule has 64 valence electrons. The van der Waals surface area contributed by atoms with E-state index in [1.54, 1.807) is 13.1 Å². The van der Waals surface area contributed by atoms with Crippen molar-refractivity contribution in [2.45, 2.75) is 0 Å². The summed E-state index contributed by atoms with van der Waals surface area (Å²) in [6, 6.07) is 1.60. The fourth-order valence-electron chi connectivity index (χ4n) is 0.762. The highest BCUT2D eigenvalue weighted by Crippen LogP contribution is 2.23. The van der Waals surface area contributed by atoms with Crippen molar-refractivity contribution in [1.29, 1.82) is 0 Å². The van der Waals surface area contributed by atoms with Crippen molar-refractivity contribution in [1.82, 2.24) is 4.98 Å². The largest absolute Gasteiger partial charge is 0.386 e. The summed E-state index contributed by atoms with van der Waals surface area (Å²) in [5, 5.41) is 13.1. The summed E-state index contributed by atoms with van der Waals surface area (Å²) in [6.07, 6.45) is 1.39. The summed E-state index contributed by atoms with van der Waals surface area (Å²) in [5.74, 6) is -0.166. The molecular weight excluding hydrogens is 226 g/mol. The first-order valence-corrected chi connectivity index (χ1v) is 3.92. The molecule has 1 rings (SSSR count). The van der Waals surface area contributed by atoms with Crippen molar-refractivity contribution in [2.75, 3.05) is 12.4 Å². The van der Waals surface area contributed by atoms with Gasteiger partial charge in [-0.3, -0.25) is 0 Å². The summed E-state index contributed by atoms with van der Waals surface area (Å²) in [4.78, 5) is 13.5. The Bertz CT molecular complexity index is 316. The smallest absolute Gasteiger partial charge is 0.381 e. The molecule has 0 aliphatic rings. The van der Waals surface area contributed by atoms with Gasteiger partial charge in [-0.2, -0.15) is 0 Å². The molecule has 0 aliphatic carbocycles. The van der Waals surface area contributed by atoms with Crippen molar-refractivity contribution in [3.63, 3.8) is 0 Å². The maximum Gasteiger partial charge on any atom is 0.386 e. The first-order valence-electron chi connectivity index (χ1n) is 3.13. The van der Waals surface area contributed by atoms with Gasteiger partial charge in [-0.15, -0.1) is 0 Å². The lowest BCUT2D eigenvalue weighted by Crippen LogP contribution is -1.98. The maximum atomic E-state index is 10.4. The van der Waals surface area contributed by atoms with E-state index >= 15 is 0 Å². The number of rotatable bonds is 2. The van der Waals surface area contributed by atoms with Crippen molar-refractivity contribution in [2.24, 2.45) is 0 Å². The zero-order chi connectivity index (χ0) is 9.14. The van der Waals surface area contributed by atoms with Crippen LogP contribution >= 0.6 is 15.9 Å². The zero-order valence-corrected chi connectivity index (χ0v) is 7.83. The predicted octanol–water partition coefficient (Wildman–Crippen LogP) is 1.79. The third-order valence-corrected chi connectivity index (χ3v) is 1.71. The molecule has 5 nitrogen and oxygen atoms in total. The number of halogens is 1. The molecule has 0 unspecified atom stereocenters. The molecule has 0 aromatic carbocycles. The minimum absolute atomic E-state index is 0.166. The van der Waals surface area contributed by atoms with E-state index in [9.17, 15) is 10.1 Å². The Hall–Kier alpha value is -1.17. The summed E-state index contributed by atoms with van der Waals surface area (Å²) < 4.78 is 0.706. The Morgan fingerprint density at radius 1 is 1.75 bits per heavy atom. The zero-order valence-electron chi connectivity index (χ0n) is 6.24. The number of nitro groups is 1. The van der Waals surface area contributed by atoms with E-state index in [4.69, 9.17) is 0 Å². The Balaban J connectivity index is 3.20. The molecule has 0 saturated carbocycles. The van der Waals surface area contributed by atoms with Gasteiger partial charge in [0.25, 0.3) is 0 Å². The molecule has 0 fully saturated rings. The van der Waals surface area contributed by atoms with Gasteiger partial charge in [-0.05, 0) is 31.9 Å². The molecule has 1 aromatic heterocycles. The van der Waals surface area contributed by atoms with Crippen LogP contribution in [0.2, 0.25) is 0 Å². The van der Waals surface area contributed by atoms with Crippen LogP contribution in [-0.2, 0) is 0 Å². The summed E-state index contributed by atoms with van der Waals surface area (Å²) in [7, 11) is 1.61. The molecule has 1 aromatic rings. The van der Waals surface area contributed by atoms with Crippen LogP contribution in [0.1, 0.15) is 0 Å². The molecular formula is C6H6BrN3O2. The van der Waals surface area contributed by atoms with Gasteiger partial charge >= 0.3 is 5.82 Å². The molecule has 1 N–H and O–H groups in total. The number of hydrogen-bond donors (Lipinski definition) is 1. The average molecular weight is 232 g/mol. The lowest BCUT2D eigenvalue weighted by atomic mass is 10.4. The predicted molar refractivity (Wildman–Crippen MR) is 48.1 cm³/mol. The normalized spacial score (nSPS) is 9.50. The van der Waals surface area contributed by atoms with E-state index in [1.165, 1.54) is 6.20 Å². The van der Waals surface area contributed by atoms with Gasteiger partial charge in [0, 0.05) is 7.05 Å². The van der Waals surface area contributed by atoms with Crippen LogP contribution in [0.5, 0.6) is 0 Å². The topological polar surface area (TPSA) is 68.1 Å². The summed E-state index contributed by atoms with van der Waals surface area (Å²) in [5.41, 5.74) is 0.398. The Kier molecular flexibility index (Phi) is 2.59. The van der Waals surface area contributed by atoms with Gasteiger partial charge in [0.05, 0.1) is 4.47 Å². The van der Waals surface area contributed by atoms with E-state index in [0.29, 0.717) is 10.2 Å². The van der Waals surface area contributed by atoms with Crippen LogP contribution < -0.4 is 5.32 Å². The Labute approximate surface area is 77.1 Å². The molecule has 0 spiro atoms. The van der Waals surface area contributed by atoms with Crippen LogP contribution in [0.15, 0.2) is 16.7 Å². The van der Waals surface area contributed by atoms with Crippen LogP contribution in [0.25, 0.3) is 0 Å². The molecule has 0 bridgehead atoms. The van der Waals surface area contributed by atoms with Crippen molar-refractivity contribution in [3.8, 4) is 0 Å². The third kappa shape index (κ3) is 1.70. The number of nitrogens with zero attached hydrogens (tertiary/aromatic N) is 2. The first-order chi connectivity index (χ1) is 5.65. The Morgan fingerprint density at radius 3 is 2.92 bits per heavy atom. The number of nitrogens with one attached hydrogen (secondary N) is 1. The van der Waals surface area contributed by atoms with Gasteiger partial charge in [0.2, 0.25) is 0 Å². The lowest BCUT2D eigenvalue weighted by molar-refractivity contribution is -0.388. The van der Waals surface area contributed by atoms with Crippen molar-refractivity contribution < 1.29 is 4.92 Å². The molecule has 12 heavy (non-hydrogen) atoms. The Morgan fingerprint density at radius 2 is 2.42 bits per heavy atom. The third-order valence-electron chi connectivity index (χ3n) is 1.28. The number of anilines is 1. The lowest BCUT2D eigenvalue weighted by Gasteiger charge is -2.00. The second-order valence-electron chi connectivity index (χ2n) is 2.03. The highest BCUT2D eigenvalue weighted by molar-refractivity contribution is 9.10. The molecule has 0 saturated heterocycles. The SMILES string of the molecule is CNc1cc(Br)cnc1[N+](=O)[O-]. The fraction of sp³-hybridized carbons (Fsp3) is 0.167. The molecule has 0 aliphatic heterocycles. The van der Waals surface area contributed by atoms with Gasteiger partial charge in [-0.1, -0.05) is 0 Å². The maximum absolute atomic E-state index is 10.4. The van der Waals surface area contributed by atoms with Gasteiger partial charge in [-0.25, -0.2) is 0 Å². The summed E-state index contributed by atoms with van der Waals surface area (Å²) >= 11 is 3.16. The fourth-order valence-corrected chi connectivity index (χ4v) is 1.09. The van der Waals surface area contributed by atoms with E-state index < -0.39 is 4.92 Å². The van der Waals surface area contributed by atoms with Gasteiger partial charge in [0.1, 0.15) is 5.69 Å². The van der Waals surface area contributed by atoms with Crippen LogP contribution in [0.4, 0.5) is 11.5 Å². The second-order valence-corrected chi connectivity index (χ2v) is 2.95. The van der Waals surface area contributed by atoms with E-state index in [1.807, 2.05) is 0 Å². The quantitative estimate of drug-likeness (QED) is 0.623. The van der Waals surface area contributed by atoms with Crippen LogP contribution in [0.3, 0.4) is 0 Å². The molecule has 1 heterocycles. The highest BCUT2D eigenvalue weighted by atomic mass is 79.9. The average Bonchev–Trinajstić information content (AvgIpc) is 2.03. The van der Waals surface area contributed by atoms with Gasteiger partial charge < -0.3 is 15.4 Å². The molecule has 0 amide bonds. The van der Waals surface area contributed by atoms with Crippen LogP contribution in [-0.4, -0.2) is 17.0 Å². The van der Waals surface area contributed by atoms with E-state index in [2.05, 4.69) is 26.2 Å². The monoisotopic (exact) mass is 231 g/mol. The number of pyridine rings is 1. The first kappa shape index (κ1) is 8.92. The van der Waals surface area contributed by atoms with Gasteiger partial charge in [0.15, 0.2) is 6.20 Å². The number of aromatic nitrogens is 1. The summed E-state index contributed by atoms with van der Waals surface area (Å²) in [6.45, 7) is 0. The molecule has 0 atom stereocenters. The minimum atomic E-state index is -0.529. The van der Waals surface area contributed by atoms with Crippen molar-refractivity contribution >= 4 is 27.4 Å². The van der Waals surface area contributed by atoms with E-state index in [0.717, 1.165) is 0 Å². The van der Waals surface area contributed by atoms with E-state index in [-0.39, 0.29) is 5.82 Å². The second kappa shape index (κ2) is 3.48. The molecule has 0 radical (unpaired) electrons. The highest BCUT2D eigenvalue weighted by Gasteiger charge is 2.13. The standard InChI is InChI=1S/C6H6BrN3O2/c1-8-5-2-4(7)3-9-6(5)10(11)12/h2-3,8H,1H3. The minimum Gasteiger partial charge on any atom is -0.381 e. The number of hydrogen-bond acceptors (Lipinski definition) is 4. The van der Waals surface area contributed by atoms with Crippen LogP contribution in [0, 0.1) is 10.1 Å². The van der Waals surface area contributed by atoms with Crippen molar-refractivity contribution in [3.05, 3.63) is 26.9 Å². The molecule has 6 heteroatoms.